The smallest absolute Gasteiger partial charge is 0.263 e. The summed E-state index contributed by atoms with van der Waals surface area (Å²) in [6, 6.07) is 6.20. The summed E-state index contributed by atoms with van der Waals surface area (Å²) in [5.41, 5.74) is 0. The van der Waals surface area contributed by atoms with Crippen LogP contribution in [0.1, 0.15) is 19.8 Å². The van der Waals surface area contributed by atoms with Gasteiger partial charge in [0.25, 0.3) is 5.91 Å². The Balaban J connectivity index is 0.00000242. The first-order valence-electron chi connectivity index (χ1n) is 7.50. The van der Waals surface area contributed by atoms with Crippen molar-refractivity contribution in [2.24, 2.45) is 5.92 Å². The van der Waals surface area contributed by atoms with Crippen molar-refractivity contribution in [2.45, 2.75) is 25.9 Å². The summed E-state index contributed by atoms with van der Waals surface area (Å²) >= 11 is 0. The van der Waals surface area contributed by atoms with Crippen molar-refractivity contribution in [1.29, 1.82) is 0 Å². The Morgan fingerprint density at radius 2 is 2.23 bits per heavy atom. The van der Waals surface area contributed by atoms with Gasteiger partial charge in [0, 0.05) is 13.1 Å². The Bertz CT molecular complexity index is 487. The van der Waals surface area contributed by atoms with Crippen LogP contribution in [0.2, 0.25) is 0 Å². The normalized spacial score (nSPS) is 18.7. The second-order valence-corrected chi connectivity index (χ2v) is 5.44. The summed E-state index contributed by atoms with van der Waals surface area (Å²) in [5, 5.41) is 3.14. The fourth-order valence-electron chi connectivity index (χ4n) is 2.69. The monoisotopic (exact) mass is 330 g/mol. The predicted octanol–water partition coefficient (Wildman–Crippen LogP) is 2.47. The van der Waals surface area contributed by atoms with Gasteiger partial charge in [0.05, 0.1) is 0 Å². The summed E-state index contributed by atoms with van der Waals surface area (Å²) in [5.74, 6) is 0.158. The third kappa shape index (κ3) is 4.58. The maximum atomic E-state index is 13.6. The lowest BCUT2D eigenvalue weighted by Crippen LogP contribution is -2.41. The zero-order valence-electron chi connectivity index (χ0n) is 13.0. The minimum absolute atomic E-state index is 0. The lowest BCUT2D eigenvalue weighted by atomic mass is 10.1. The average molecular weight is 331 g/mol. The maximum absolute atomic E-state index is 13.6. The van der Waals surface area contributed by atoms with Crippen LogP contribution in [0.4, 0.5) is 4.39 Å². The quantitative estimate of drug-likeness (QED) is 0.871. The highest BCUT2D eigenvalue weighted by Gasteiger charge is 2.31. The number of carbonyl (C=O) groups excluding carboxylic acids is 1. The number of benzene rings is 1. The fraction of sp³-hybridized carbons (Fsp3) is 0.562. The van der Waals surface area contributed by atoms with Gasteiger partial charge in [0.1, 0.15) is 0 Å². The first-order chi connectivity index (χ1) is 10.2. The molecule has 1 amide bonds. The van der Waals surface area contributed by atoms with Gasteiger partial charge in [-0.2, -0.15) is 0 Å². The predicted molar refractivity (Wildman–Crippen MR) is 87.0 cm³/mol. The van der Waals surface area contributed by atoms with E-state index in [1.807, 2.05) is 18.9 Å². The number of nitrogens with one attached hydrogen (secondary N) is 1. The molecule has 2 unspecified atom stereocenters. The highest BCUT2D eigenvalue weighted by atomic mass is 35.5. The van der Waals surface area contributed by atoms with Crippen LogP contribution in [-0.2, 0) is 4.79 Å². The van der Waals surface area contributed by atoms with Crippen LogP contribution in [-0.4, -0.2) is 43.6 Å². The minimum Gasteiger partial charge on any atom is -0.478 e. The van der Waals surface area contributed by atoms with Crippen molar-refractivity contribution in [1.82, 2.24) is 10.2 Å². The van der Waals surface area contributed by atoms with E-state index in [2.05, 4.69) is 5.32 Å². The van der Waals surface area contributed by atoms with Gasteiger partial charge in [-0.3, -0.25) is 4.79 Å². The lowest BCUT2D eigenvalue weighted by Gasteiger charge is -2.23. The van der Waals surface area contributed by atoms with E-state index in [0.717, 1.165) is 26.1 Å². The molecule has 1 fully saturated rings. The van der Waals surface area contributed by atoms with E-state index in [9.17, 15) is 9.18 Å². The maximum Gasteiger partial charge on any atom is 0.263 e. The summed E-state index contributed by atoms with van der Waals surface area (Å²) in [7, 11) is 1.92. The van der Waals surface area contributed by atoms with Crippen LogP contribution in [0.3, 0.4) is 0 Å². The Hall–Kier alpha value is -1.33. The van der Waals surface area contributed by atoms with Gasteiger partial charge in [0.2, 0.25) is 0 Å². The van der Waals surface area contributed by atoms with Gasteiger partial charge in [-0.1, -0.05) is 19.1 Å². The number of hydrogen-bond donors (Lipinski definition) is 1. The molecular formula is C16H24ClFN2O2. The number of amides is 1. The first-order valence-corrected chi connectivity index (χ1v) is 7.50. The van der Waals surface area contributed by atoms with Gasteiger partial charge in [-0.25, -0.2) is 4.39 Å². The van der Waals surface area contributed by atoms with Crippen LogP contribution in [0, 0.1) is 11.7 Å². The molecule has 2 rings (SSSR count). The molecule has 1 aromatic carbocycles. The molecule has 0 aromatic heterocycles. The van der Waals surface area contributed by atoms with E-state index in [4.69, 9.17) is 4.74 Å². The molecule has 1 saturated heterocycles. The molecule has 1 heterocycles. The molecule has 0 bridgehead atoms. The largest absolute Gasteiger partial charge is 0.478 e. The van der Waals surface area contributed by atoms with Crippen molar-refractivity contribution in [3.8, 4) is 5.75 Å². The molecule has 6 heteroatoms. The highest BCUT2D eigenvalue weighted by Crippen LogP contribution is 2.21. The summed E-state index contributed by atoms with van der Waals surface area (Å²) in [4.78, 5) is 14.3. The number of carbonyl (C=O) groups is 1. The molecular weight excluding hydrogens is 307 g/mol. The molecule has 4 nitrogen and oxygen atoms in total. The molecule has 1 aromatic rings. The third-order valence-corrected chi connectivity index (χ3v) is 3.84. The molecule has 0 spiro atoms. The molecule has 0 radical (unpaired) electrons. The van der Waals surface area contributed by atoms with E-state index in [0.29, 0.717) is 12.3 Å². The van der Waals surface area contributed by atoms with Crippen molar-refractivity contribution in [3.63, 3.8) is 0 Å². The zero-order chi connectivity index (χ0) is 15.2. The van der Waals surface area contributed by atoms with Crippen LogP contribution >= 0.6 is 12.4 Å². The van der Waals surface area contributed by atoms with Crippen LogP contribution in [0.25, 0.3) is 0 Å². The second-order valence-electron chi connectivity index (χ2n) is 5.44. The summed E-state index contributed by atoms with van der Waals surface area (Å²) in [6.45, 7) is 4.29. The van der Waals surface area contributed by atoms with Gasteiger partial charge < -0.3 is 15.0 Å². The topological polar surface area (TPSA) is 41.6 Å². The van der Waals surface area contributed by atoms with E-state index < -0.39 is 11.9 Å². The number of nitrogens with zero attached hydrogens (tertiary/aromatic N) is 1. The standard InChI is InChI=1S/C16H23FN2O2.ClH/c1-3-14(21-15-7-5-4-6-13(15)17)16(20)19-9-8-12(11-19)10-18-2;/h4-7,12,14,18H,3,8-11H2,1-2H3;1H. The third-order valence-electron chi connectivity index (χ3n) is 3.84. The van der Waals surface area contributed by atoms with Gasteiger partial charge in [-0.15, -0.1) is 12.4 Å². The van der Waals surface area contributed by atoms with E-state index in [1.165, 1.54) is 6.07 Å². The molecule has 1 aliphatic rings. The molecule has 0 saturated carbocycles. The number of likely N-dealkylation sites (tertiary alicyclic amines) is 1. The van der Waals surface area contributed by atoms with Crippen LogP contribution < -0.4 is 10.1 Å². The molecule has 2 atom stereocenters. The molecule has 124 valence electrons. The Kier molecular flexibility index (Phi) is 7.62. The second kappa shape index (κ2) is 8.96. The number of ether oxygens (including phenoxy) is 1. The minimum atomic E-state index is -0.616. The molecule has 22 heavy (non-hydrogen) atoms. The lowest BCUT2D eigenvalue weighted by molar-refractivity contribution is -0.138. The van der Waals surface area contributed by atoms with E-state index in [1.54, 1.807) is 18.2 Å². The number of para-hydroxylation sites is 1. The first kappa shape index (κ1) is 18.7. The van der Waals surface area contributed by atoms with Crippen molar-refractivity contribution in [3.05, 3.63) is 30.1 Å². The number of hydrogen-bond acceptors (Lipinski definition) is 3. The Morgan fingerprint density at radius 1 is 1.50 bits per heavy atom. The molecule has 0 aliphatic carbocycles. The van der Waals surface area contributed by atoms with Crippen molar-refractivity contribution >= 4 is 18.3 Å². The van der Waals surface area contributed by atoms with E-state index in [-0.39, 0.29) is 24.1 Å². The fourth-order valence-corrected chi connectivity index (χ4v) is 2.69. The molecule has 1 N–H and O–H groups in total. The molecule has 1 aliphatic heterocycles. The Labute approximate surface area is 137 Å². The summed E-state index contributed by atoms with van der Waals surface area (Å²) in [6.07, 6.45) is 0.915. The van der Waals surface area contributed by atoms with E-state index >= 15 is 0 Å². The summed E-state index contributed by atoms with van der Waals surface area (Å²) < 4.78 is 19.2. The van der Waals surface area contributed by atoms with Gasteiger partial charge in [-0.05, 0) is 44.5 Å². The van der Waals surface area contributed by atoms with Crippen molar-refractivity contribution in [2.75, 3.05) is 26.7 Å². The van der Waals surface area contributed by atoms with Crippen molar-refractivity contribution < 1.29 is 13.9 Å². The number of rotatable bonds is 6. The average Bonchev–Trinajstić information content (AvgIpc) is 2.95. The van der Waals surface area contributed by atoms with Crippen LogP contribution in [0.5, 0.6) is 5.75 Å². The SMILES string of the molecule is CCC(Oc1ccccc1F)C(=O)N1CCC(CNC)C1.Cl. The Morgan fingerprint density at radius 3 is 2.86 bits per heavy atom. The van der Waals surface area contributed by atoms with Gasteiger partial charge >= 0.3 is 0 Å². The van der Waals surface area contributed by atoms with Crippen LogP contribution in [0.15, 0.2) is 24.3 Å². The number of halogens is 2. The highest BCUT2D eigenvalue weighted by molar-refractivity contribution is 5.85. The van der Waals surface area contributed by atoms with Gasteiger partial charge in [0.15, 0.2) is 17.7 Å². The zero-order valence-corrected chi connectivity index (χ0v) is 13.9.